The Balaban J connectivity index is 1.79. The number of carbonyl (C=O) groups is 2. The summed E-state index contributed by atoms with van der Waals surface area (Å²) in [5.41, 5.74) is 0.732. The Morgan fingerprint density at radius 2 is 1.82 bits per heavy atom. The number of hydrogen-bond donors (Lipinski definition) is 2. The third-order valence-electron chi connectivity index (χ3n) is 6.30. The van der Waals surface area contributed by atoms with E-state index in [0.29, 0.717) is 43.4 Å². The molecule has 1 atom stereocenters. The minimum absolute atomic E-state index is 0.0583. The number of hydrogen-bond acceptors (Lipinski definition) is 6. The number of ketones is 1. The number of aliphatic hydroxyl groups is 1. The van der Waals surface area contributed by atoms with Gasteiger partial charge in [0.05, 0.1) is 52.1 Å². The number of amides is 1. The van der Waals surface area contributed by atoms with Crippen LogP contribution in [0.3, 0.4) is 0 Å². The highest BCUT2D eigenvalue weighted by molar-refractivity contribution is 6.46. The molecule has 2 aromatic rings. The second kappa shape index (κ2) is 10.2. The van der Waals surface area contributed by atoms with Crippen LogP contribution < -0.4 is 14.4 Å². The average molecular weight is 472 g/mol. The molecule has 2 aliphatic heterocycles. The minimum atomic E-state index is -0.869. The molecule has 8 nitrogen and oxygen atoms in total. The van der Waals surface area contributed by atoms with Gasteiger partial charge in [0.15, 0.2) is 0 Å². The maximum atomic E-state index is 13.5. The predicted octanol–water partition coefficient (Wildman–Crippen LogP) is 1.18. The number of methoxy groups -OCH3 is 2. The molecule has 1 amide bonds. The van der Waals surface area contributed by atoms with E-state index in [4.69, 9.17) is 14.2 Å². The molecule has 0 saturated carbocycles. The molecule has 2 aromatic carbocycles. The molecule has 0 radical (unpaired) electrons. The molecule has 9 heteroatoms. The highest BCUT2D eigenvalue weighted by Crippen LogP contribution is 2.43. The summed E-state index contributed by atoms with van der Waals surface area (Å²) in [6, 6.07) is 9.36. The van der Waals surface area contributed by atoms with E-state index in [9.17, 15) is 19.1 Å². The van der Waals surface area contributed by atoms with Crippen LogP contribution in [0.2, 0.25) is 0 Å². The molecule has 2 aliphatic rings. The maximum absolute atomic E-state index is 13.5. The highest BCUT2D eigenvalue weighted by atomic mass is 19.1. The van der Waals surface area contributed by atoms with Crippen molar-refractivity contribution in [1.82, 2.24) is 4.90 Å². The average Bonchev–Trinajstić information content (AvgIpc) is 3.12. The second-order valence-electron chi connectivity index (χ2n) is 8.22. The summed E-state index contributed by atoms with van der Waals surface area (Å²) < 4.78 is 29.7. The third-order valence-corrected chi connectivity index (χ3v) is 6.30. The molecule has 0 aliphatic carbocycles. The van der Waals surface area contributed by atoms with Gasteiger partial charge in [-0.05, 0) is 36.4 Å². The number of benzene rings is 2. The van der Waals surface area contributed by atoms with Crippen molar-refractivity contribution in [3.63, 3.8) is 0 Å². The summed E-state index contributed by atoms with van der Waals surface area (Å²) >= 11 is 0. The summed E-state index contributed by atoms with van der Waals surface area (Å²) in [5, 5.41) is 11.1. The van der Waals surface area contributed by atoms with Crippen molar-refractivity contribution in [2.24, 2.45) is 0 Å². The molecule has 2 heterocycles. The van der Waals surface area contributed by atoms with Gasteiger partial charge < -0.3 is 29.1 Å². The van der Waals surface area contributed by atoms with Crippen LogP contribution in [-0.2, 0) is 14.3 Å². The molecular weight excluding hydrogens is 443 g/mol. The van der Waals surface area contributed by atoms with Crippen molar-refractivity contribution in [3.8, 4) is 11.5 Å². The molecule has 2 saturated heterocycles. The molecule has 4 rings (SSSR count). The molecule has 0 bridgehead atoms. The van der Waals surface area contributed by atoms with Crippen molar-refractivity contribution < 1.29 is 38.2 Å². The van der Waals surface area contributed by atoms with Gasteiger partial charge >= 0.3 is 0 Å². The zero-order valence-corrected chi connectivity index (χ0v) is 19.2. The van der Waals surface area contributed by atoms with E-state index in [2.05, 4.69) is 0 Å². The summed E-state index contributed by atoms with van der Waals surface area (Å²) in [4.78, 5) is 29.1. The number of nitrogens with zero attached hydrogens (tertiary/aromatic N) is 1. The van der Waals surface area contributed by atoms with Gasteiger partial charge in [0.1, 0.15) is 36.2 Å². The zero-order valence-electron chi connectivity index (χ0n) is 19.2. The molecule has 1 unspecified atom stereocenters. The first-order valence-corrected chi connectivity index (χ1v) is 11.1. The van der Waals surface area contributed by atoms with Gasteiger partial charge in [0.2, 0.25) is 0 Å². The Morgan fingerprint density at radius 3 is 2.47 bits per heavy atom. The van der Waals surface area contributed by atoms with Crippen molar-refractivity contribution in [1.29, 1.82) is 0 Å². The number of morpholine rings is 1. The van der Waals surface area contributed by atoms with E-state index in [1.54, 1.807) is 18.2 Å². The van der Waals surface area contributed by atoms with E-state index in [1.807, 2.05) is 0 Å². The fourth-order valence-electron chi connectivity index (χ4n) is 4.43. The number of rotatable bonds is 7. The summed E-state index contributed by atoms with van der Waals surface area (Å²) in [5.74, 6) is -1.35. The van der Waals surface area contributed by atoms with Crippen molar-refractivity contribution >= 4 is 17.4 Å². The number of aliphatic hydroxyl groups excluding tert-OH is 1. The second-order valence-corrected chi connectivity index (χ2v) is 8.22. The number of ether oxygens (including phenoxy) is 3. The first kappa shape index (κ1) is 23.7. The Kier molecular flexibility index (Phi) is 7.14. The molecule has 180 valence electrons. The van der Waals surface area contributed by atoms with E-state index in [-0.39, 0.29) is 16.9 Å². The molecule has 2 N–H and O–H groups in total. The lowest BCUT2D eigenvalue weighted by Gasteiger charge is -2.29. The van der Waals surface area contributed by atoms with Gasteiger partial charge in [-0.25, -0.2) is 4.39 Å². The van der Waals surface area contributed by atoms with Crippen molar-refractivity contribution in [2.45, 2.75) is 6.04 Å². The molecular formula is C25H28FN2O6+. The van der Waals surface area contributed by atoms with E-state index in [1.165, 1.54) is 48.3 Å². The number of quaternary nitrogens is 1. The van der Waals surface area contributed by atoms with Gasteiger partial charge in [0, 0.05) is 17.2 Å². The van der Waals surface area contributed by atoms with Gasteiger partial charge in [-0.3, -0.25) is 9.59 Å². The van der Waals surface area contributed by atoms with Gasteiger partial charge in [0.25, 0.3) is 11.7 Å². The standard InChI is InChI=1S/C25H27FN2O6/c1-32-18-7-8-19(20(15-18)33-2)22-21(23(29)16-3-5-17(26)6-4-16)24(30)25(31)28(22)10-9-27-11-13-34-14-12-27/h3-8,15,22,29H,9-14H2,1-2H3/p+1. The van der Waals surface area contributed by atoms with E-state index >= 15 is 0 Å². The smallest absolute Gasteiger partial charge is 0.295 e. The minimum Gasteiger partial charge on any atom is -0.507 e. The topological polar surface area (TPSA) is 89.7 Å². The summed E-state index contributed by atoms with van der Waals surface area (Å²) in [6.45, 7) is 3.86. The molecule has 0 aromatic heterocycles. The molecule has 34 heavy (non-hydrogen) atoms. The van der Waals surface area contributed by atoms with Crippen LogP contribution in [0, 0.1) is 5.82 Å². The zero-order chi connectivity index (χ0) is 24.2. The lowest BCUT2D eigenvalue weighted by Crippen LogP contribution is -3.14. The van der Waals surface area contributed by atoms with Crippen LogP contribution in [0.4, 0.5) is 4.39 Å². The van der Waals surface area contributed by atoms with Crippen LogP contribution in [0.1, 0.15) is 17.2 Å². The Labute approximate surface area is 197 Å². The number of nitrogens with one attached hydrogen (secondary N) is 1. The number of likely N-dealkylation sites (tertiary alicyclic amines) is 1. The summed E-state index contributed by atoms with van der Waals surface area (Å²) in [7, 11) is 3.02. The lowest BCUT2D eigenvalue weighted by molar-refractivity contribution is -0.907. The Bertz CT molecular complexity index is 1100. The fourth-order valence-corrected chi connectivity index (χ4v) is 4.43. The third kappa shape index (κ3) is 4.62. The lowest BCUT2D eigenvalue weighted by atomic mass is 9.94. The normalized spacial score (nSPS) is 20.6. The Morgan fingerprint density at radius 1 is 1.12 bits per heavy atom. The van der Waals surface area contributed by atoms with E-state index in [0.717, 1.165) is 13.1 Å². The van der Waals surface area contributed by atoms with Crippen molar-refractivity contribution in [2.75, 3.05) is 53.6 Å². The van der Waals surface area contributed by atoms with Gasteiger partial charge in [-0.15, -0.1) is 0 Å². The Hall–Kier alpha value is -3.43. The molecule has 2 fully saturated rings. The van der Waals surface area contributed by atoms with Crippen LogP contribution in [0.15, 0.2) is 48.0 Å². The van der Waals surface area contributed by atoms with Gasteiger partial charge in [-0.1, -0.05) is 0 Å². The number of Topliss-reactive ketones (excluding diaryl/α,β-unsaturated/α-hetero) is 1. The molecule has 0 spiro atoms. The van der Waals surface area contributed by atoms with Gasteiger partial charge in [-0.2, -0.15) is 0 Å². The van der Waals surface area contributed by atoms with Crippen LogP contribution >= 0.6 is 0 Å². The number of halogens is 1. The SMILES string of the molecule is COc1ccc(C2C(=C(O)c3ccc(F)cc3)C(=O)C(=O)N2CC[NH+]2CCOCC2)c(OC)c1. The summed E-state index contributed by atoms with van der Waals surface area (Å²) in [6.07, 6.45) is 0. The van der Waals surface area contributed by atoms with Crippen molar-refractivity contribution in [3.05, 3.63) is 65.0 Å². The first-order valence-electron chi connectivity index (χ1n) is 11.1. The first-order chi connectivity index (χ1) is 16.4. The van der Waals surface area contributed by atoms with E-state index < -0.39 is 23.5 Å². The predicted molar refractivity (Wildman–Crippen MR) is 121 cm³/mol. The fraction of sp³-hybridized carbons (Fsp3) is 0.360. The monoisotopic (exact) mass is 471 g/mol. The van der Waals surface area contributed by atoms with Crippen LogP contribution in [-0.4, -0.2) is 75.3 Å². The maximum Gasteiger partial charge on any atom is 0.295 e. The van der Waals surface area contributed by atoms with Crippen LogP contribution in [0.25, 0.3) is 5.76 Å². The number of carbonyl (C=O) groups excluding carboxylic acids is 2. The quantitative estimate of drug-likeness (QED) is 0.358. The van der Waals surface area contributed by atoms with Crippen LogP contribution in [0.5, 0.6) is 11.5 Å². The highest BCUT2D eigenvalue weighted by Gasteiger charge is 2.47. The largest absolute Gasteiger partial charge is 0.507 e.